The van der Waals surface area contributed by atoms with Crippen molar-refractivity contribution in [2.75, 3.05) is 6.54 Å². The third-order valence-corrected chi connectivity index (χ3v) is 2.94. The van der Waals surface area contributed by atoms with Crippen LogP contribution in [-0.2, 0) is 13.1 Å². The number of nitrogens with zero attached hydrogens (tertiary/aromatic N) is 3. The van der Waals surface area contributed by atoms with E-state index in [1.54, 1.807) is 0 Å². The summed E-state index contributed by atoms with van der Waals surface area (Å²) >= 11 is 0. The van der Waals surface area contributed by atoms with Crippen LogP contribution >= 0.6 is 0 Å². The highest BCUT2D eigenvalue weighted by Gasteiger charge is 2.04. The molecule has 0 radical (unpaired) electrons. The van der Waals surface area contributed by atoms with Crippen molar-refractivity contribution in [3.05, 3.63) is 47.8 Å². The van der Waals surface area contributed by atoms with E-state index in [4.69, 9.17) is 0 Å². The molecule has 0 amide bonds. The molecule has 2 aromatic rings. The van der Waals surface area contributed by atoms with Crippen LogP contribution in [0.4, 0.5) is 0 Å². The van der Waals surface area contributed by atoms with Gasteiger partial charge >= 0.3 is 0 Å². The highest BCUT2D eigenvalue weighted by molar-refractivity contribution is 5.11. The van der Waals surface area contributed by atoms with E-state index in [1.165, 1.54) is 5.69 Å². The summed E-state index contributed by atoms with van der Waals surface area (Å²) in [5.41, 5.74) is 3.32. The molecule has 0 aromatic carbocycles. The van der Waals surface area contributed by atoms with Gasteiger partial charge in [0.15, 0.2) is 0 Å². The lowest BCUT2D eigenvalue weighted by Gasteiger charge is -2.10. The van der Waals surface area contributed by atoms with Crippen LogP contribution < -0.4 is 5.32 Å². The molecule has 0 unspecified atom stereocenters. The Morgan fingerprint density at radius 2 is 2.16 bits per heavy atom. The maximum Gasteiger partial charge on any atom is 0.0952 e. The molecular formula is C15H22N4. The molecule has 102 valence electrons. The first-order valence-electron chi connectivity index (χ1n) is 6.77. The summed E-state index contributed by atoms with van der Waals surface area (Å²) in [5, 5.41) is 3.44. The Morgan fingerprint density at radius 1 is 1.32 bits per heavy atom. The molecule has 0 aliphatic carbocycles. The lowest BCUT2D eigenvalue weighted by Crippen LogP contribution is -2.21. The van der Waals surface area contributed by atoms with Gasteiger partial charge in [-0.15, -0.1) is 0 Å². The lowest BCUT2D eigenvalue weighted by atomic mass is 10.2. The molecule has 2 aromatic heterocycles. The molecule has 4 heteroatoms. The van der Waals surface area contributed by atoms with Gasteiger partial charge in [0.1, 0.15) is 0 Å². The number of rotatable bonds is 6. The average molecular weight is 258 g/mol. The highest BCUT2D eigenvalue weighted by atomic mass is 15.1. The van der Waals surface area contributed by atoms with Crippen LogP contribution in [0, 0.1) is 12.8 Å². The maximum atomic E-state index is 4.53. The fourth-order valence-corrected chi connectivity index (χ4v) is 1.99. The van der Waals surface area contributed by atoms with Crippen molar-refractivity contribution in [2.45, 2.75) is 33.9 Å². The van der Waals surface area contributed by atoms with Gasteiger partial charge in [-0.2, -0.15) is 0 Å². The number of imidazole rings is 1. The molecule has 0 spiro atoms. The molecule has 0 bridgehead atoms. The predicted octanol–water partition coefficient (Wildman–Crippen LogP) is 2.38. The first-order valence-corrected chi connectivity index (χ1v) is 6.77. The van der Waals surface area contributed by atoms with Crippen LogP contribution in [0.1, 0.15) is 30.9 Å². The van der Waals surface area contributed by atoms with E-state index < -0.39 is 0 Å². The molecule has 0 aliphatic heterocycles. The van der Waals surface area contributed by atoms with Crippen LogP contribution in [0.5, 0.6) is 0 Å². The van der Waals surface area contributed by atoms with Gasteiger partial charge in [-0.1, -0.05) is 19.9 Å². The smallest absolute Gasteiger partial charge is 0.0952 e. The van der Waals surface area contributed by atoms with Gasteiger partial charge in [-0.05, 0) is 31.5 Å². The summed E-state index contributed by atoms with van der Waals surface area (Å²) < 4.78 is 2.15. The summed E-state index contributed by atoms with van der Waals surface area (Å²) in [6, 6.07) is 6.12. The van der Waals surface area contributed by atoms with Crippen molar-refractivity contribution < 1.29 is 0 Å². The molecule has 0 atom stereocenters. The molecule has 0 saturated carbocycles. The zero-order chi connectivity index (χ0) is 13.7. The van der Waals surface area contributed by atoms with Gasteiger partial charge in [-0.25, -0.2) is 4.98 Å². The molecule has 0 saturated heterocycles. The number of hydrogen-bond donors (Lipinski definition) is 1. The third-order valence-electron chi connectivity index (χ3n) is 2.94. The maximum absolute atomic E-state index is 4.53. The minimum absolute atomic E-state index is 0.662. The number of hydrogen-bond acceptors (Lipinski definition) is 3. The molecule has 4 nitrogen and oxygen atoms in total. The molecular weight excluding hydrogens is 236 g/mol. The van der Waals surface area contributed by atoms with Gasteiger partial charge < -0.3 is 9.88 Å². The minimum Gasteiger partial charge on any atom is -0.327 e. The monoisotopic (exact) mass is 258 g/mol. The second-order valence-corrected chi connectivity index (χ2v) is 5.31. The van der Waals surface area contributed by atoms with Crippen LogP contribution in [0.25, 0.3) is 0 Å². The highest BCUT2D eigenvalue weighted by Crippen LogP contribution is 2.05. The topological polar surface area (TPSA) is 42.7 Å². The van der Waals surface area contributed by atoms with Gasteiger partial charge in [-0.3, -0.25) is 4.98 Å². The number of nitrogens with one attached hydrogen (secondary N) is 1. The Morgan fingerprint density at radius 3 is 2.89 bits per heavy atom. The summed E-state index contributed by atoms with van der Waals surface area (Å²) in [6.45, 7) is 9.09. The van der Waals surface area contributed by atoms with E-state index in [-0.39, 0.29) is 0 Å². The number of pyridine rings is 1. The quantitative estimate of drug-likeness (QED) is 0.865. The van der Waals surface area contributed by atoms with Crippen LogP contribution in [0.15, 0.2) is 30.7 Å². The average Bonchev–Trinajstić information content (AvgIpc) is 2.76. The fraction of sp³-hybridized carbons (Fsp3) is 0.467. The zero-order valence-electron chi connectivity index (χ0n) is 11.9. The van der Waals surface area contributed by atoms with Crippen molar-refractivity contribution in [3.8, 4) is 0 Å². The SMILES string of the molecule is Cc1cccc(Cn2cncc2CNCC(C)C)n1. The summed E-state index contributed by atoms with van der Waals surface area (Å²) in [7, 11) is 0. The Balaban J connectivity index is 1.99. The molecule has 2 heterocycles. The second kappa shape index (κ2) is 6.48. The van der Waals surface area contributed by atoms with E-state index in [1.807, 2.05) is 31.6 Å². The van der Waals surface area contributed by atoms with E-state index in [0.29, 0.717) is 5.92 Å². The van der Waals surface area contributed by atoms with Crippen molar-refractivity contribution in [2.24, 2.45) is 5.92 Å². The third kappa shape index (κ3) is 4.17. The molecule has 1 N–H and O–H groups in total. The Hall–Kier alpha value is -1.68. The van der Waals surface area contributed by atoms with Gasteiger partial charge in [0, 0.05) is 18.4 Å². The lowest BCUT2D eigenvalue weighted by molar-refractivity contribution is 0.538. The molecule has 19 heavy (non-hydrogen) atoms. The first-order chi connectivity index (χ1) is 9.15. The van der Waals surface area contributed by atoms with Gasteiger partial charge in [0.2, 0.25) is 0 Å². The summed E-state index contributed by atoms with van der Waals surface area (Å²) in [4.78, 5) is 8.76. The molecule has 0 fully saturated rings. The fourth-order valence-electron chi connectivity index (χ4n) is 1.99. The largest absolute Gasteiger partial charge is 0.327 e. The van der Waals surface area contributed by atoms with E-state index in [0.717, 1.165) is 31.0 Å². The Bertz CT molecular complexity index is 516. The zero-order valence-corrected chi connectivity index (χ0v) is 11.9. The van der Waals surface area contributed by atoms with E-state index >= 15 is 0 Å². The summed E-state index contributed by atoms with van der Waals surface area (Å²) in [5.74, 6) is 0.662. The van der Waals surface area contributed by atoms with Crippen molar-refractivity contribution in [1.82, 2.24) is 19.9 Å². The van der Waals surface area contributed by atoms with Crippen LogP contribution in [0.3, 0.4) is 0 Å². The van der Waals surface area contributed by atoms with Gasteiger partial charge in [0.25, 0.3) is 0 Å². The first kappa shape index (κ1) is 13.7. The van der Waals surface area contributed by atoms with Crippen molar-refractivity contribution >= 4 is 0 Å². The standard InChI is InChI=1S/C15H22N4/c1-12(2)7-16-8-15-9-17-11-19(15)10-14-6-4-5-13(3)18-14/h4-6,9,11-12,16H,7-8,10H2,1-3H3. The summed E-state index contributed by atoms with van der Waals surface area (Å²) in [6.07, 6.45) is 3.79. The second-order valence-electron chi connectivity index (χ2n) is 5.31. The van der Waals surface area contributed by atoms with Crippen LogP contribution in [-0.4, -0.2) is 21.1 Å². The number of aromatic nitrogens is 3. The van der Waals surface area contributed by atoms with E-state index in [2.05, 4.69) is 39.8 Å². The van der Waals surface area contributed by atoms with Crippen molar-refractivity contribution in [3.63, 3.8) is 0 Å². The molecule has 0 aliphatic rings. The Kier molecular flexibility index (Phi) is 4.68. The predicted molar refractivity (Wildman–Crippen MR) is 76.8 cm³/mol. The Labute approximate surface area is 114 Å². The van der Waals surface area contributed by atoms with Crippen LogP contribution in [0.2, 0.25) is 0 Å². The van der Waals surface area contributed by atoms with E-state index in [9.17, 15) is 0 Å². The van der Waals surface area contributed by atoms with Crippen molar-refractivity contribution in [1.29, 1.82) is 0 Å². The number of aryl methyl sites for hydroxylation is 1. The normalized spacial score (nSPS) is 11.2. The minimum atomic E-state index is 0.662. The molecule has 2 rings (SSSR count). The van der Waals surface area contributed by atoms with Gasteiger partial charge in [0.05, 0.1) is 24.3 Å².